The lowest BCUT2D eigenvalue weighted by molar-refractivity contribution is 0.0670. The van der Waals surface area contributed by atoms with Crippen LogP contribution in [0.5, 0.6) is 5.75 Å². The van der Waals surface area contributed by atoms with Crippen molar-refractivity contribution in [2.75, 3.05) is 0 Å². The zero-order valence-electron chi connectivity index (χ0n) is 11.5. The first kappa shape index (κ1) is 16.4. The largest absolute Gasteiger partial charge is 0.477 e. The van der Waals surface area contributed by atoms with E-state index in [1.807, 2.05) is 0 Å². The number of pyridine rings is 1. The maximum atomic E-state index is 12.1. The highest BCUT2D eigenvalue weighted by atomic mass is 35.5. The molecule has 0 bridgehead atoms. The fourth-order valence-corrected chi connectivity index (χ4v) is 1.90. The van der Waals surface area contributed by atoms with Crippen molar-refractivity contribution in [3.63, 3.8) is 0 Å². The Morgan fingerprint density at radius 2 is 1.65 bits per heavy atom. The smallest absolute Gasteiger partial charge is 0.354 e. The average molecular weight is 336 g/mol. The molecule has 0 aliphatic carbocycles. The molecule has 0 aliphatic rings. The molecule has 0 fully saturated rings. The van der Waals surface area contributed by atoms with Crippen molar-refractivity contribution in [3.05, 3.63) is 58.9 Å². The summed E-state index contributed by atoms with van der Waals surface area (Å²) < 4.78 is 5.03. The van der Waals surface area contributed by atoms with Crippen molar-refractivity contribution in [3.8, 4) is 5.75 Å². The second-order valence-electron chi connectivity index (χ2n) is 4.41. The zero-order chi connectivity index (χ0) is 17.0. The Balaban J connectivity index is 2.32. The van der Waals surface area contributed by atoms with E-state index in [0.29, 0.717) is 5.56 Å². The maximum Gasteiger partial charge on any atom is 0.354 e. The van der Waals surface area contributed by atoms with Crippen LogP contribution < -0.4 is 4.74 Å². The van der Waals surface area contributed by atoms with Gasteiger partial charge in [0.2, 0.25) is 0 Å². The van der Waals surface area contributed by atoms with Crippen LogP contribution in [0, 0.1) is 0 Å². The van der Waals surface area contributed by atoms with Crippen LogP contribution in [0.3, 0.4) is 0 Å². The Labute approximate surface area is 135 Å². The fraction of sp³-hybridized carbons (Fsp3) is 0.0667. The number of carboxylic acid groups (broad SMARTS) is 2. The molecular formula is C15H10ClNO6. The maximum absolute atomic E-state index is 12.1. The summed E-state index contributed by atoms with van der Waals surface area (Å²) in [5.74, 6) is -3.65. The predicted molar refractivity (Wildman–Crippen MR) is 79.1 cm³/mol. The molecule has 8 heteroatoms. The van der Waals surface area contributed by atoms with Crippen LogP contribution in [0.25, 0.3) is 0 Å². The first-order chi connectivity index (χ1) is 10.9. The summed E-state index contributed by atoms with van der Waals surface area (Å²) in [5, 5.41) is 17.8. The third-order valence-corrected chi connectivity index (χ3v) is 3.07. The quantitative estimate of drug-likeness (QED) is 0.637. The van der Waals surface area contributed by atoms with E-state index in [1.165, 1.54) is 12.1 Å². The SMILES string of the molecule is O=C(Oc1cc(C(=O)O)nc(C(=O)O)c1)c1cccc(CCl)c1. The monoisotopic (exact) mass is 335 g/mol. The topological polar surface area (TPSA) is 114 Å². The molecular weight excluding hydrogens is 326 g/mol. The van der Waals surface area contributed by atoms with Crippen LogP contribution in [0.4, 0.5) is 0 Å². The van der Waals surface area contributed by atoms with Gasteiger partial charge in [-0.05, 0) is 17.7 Å². The molecule has 0 radical (unpaired) electrons. The number of rotatable bonds is 5. The van der Waals surface area contributed by atoms with Crippen molar-refractivity contribution in [2.45, 2.75) is 5.88 Å². The molecule has 118 valence electrons. The van der Waals surface area contributed by atoms with Gasteiger partial charge in [-0.3, -0.25) is 0 Å². The lowest BCUT2D eigenvalue weighted by Gasteiger charge is -2.07. The fourth-order valence-electron chi connectivity index (χ4n) is 1.73. The van der Waals surface area contributed by atoms with E-state index in [4.69, 9.17) is 26.6 Å². The lowest BCUT2D eigenvalue weighted by atomic mass is 10.1. The molecule has 1 aromatic carbocycles. The minimum absolute atomic E-state index is 0.203. The van der Waals surface area contributed by atoms with Gasteiger partial charge in [-0.25, -0.2) is 19.4 Å². The van der Waals surface area contributed by atoms with Crippen LogP contribution in [0.15, 0.2) is 36.4 Å². The third-order valence-electron chi connectivity index (χ3n) is 2.76. The van der Waals surface area contributed by atoms with Crippen molar-refractivity contribution < 1.29 is 29.3 Å². The first-order valence-corrected chi connectivity index (χ1v) is 6.80. The van der Waals surface area contributed by atoms with Crippen LogP contribution >= 0.6 is 11.6 Å². The van der Waals surface area contributed by atoms with Gasteiger partial charge in [0.15, 0.2) is 11.4 Å². The number of alkyl halides is 1. The molecule has 2 aromatic rings. The second-order valence-corrected chi connectivity index (χ2v) is 4.67. The van der Waals surface area contributed by atoms with E-state index >= 15 is 0 Å². The third kappa shape index (κ3) is 4.04. The van der Waals surface area contributed by atoms with Crippen molar-refractivity contribution in [2.24, 2.45) is 0 Å². The Morgan fingerprint density at radius 3 is 2.17 bits per heavy atom. The number of carbonyl (C=O) groups excluding carboxylic acids is 1. The van der Waals surface area contributed by atoms with Gasteiger partial charge in [0.05, 0.1) is 5.56 Å². The number of halogens is 1. The molecule has 0 aliphatic heterocycles. The molecule has 1 aromatic heterocycles. The van der Waals surface area contributed by atoms with E-state index in [0.717, 1.165) is 12.1 Å². The van der Waals surface area contributed by atoms with Gasteiger partial charge in [-0.15, -0.1) is 11.6 Å². The van der Waals surface area contributed by atoms with Crippen LogP contribution in [0.1, 0.15) is 36.9 Å². The highest BCUT2D eigenvalue weighted by molar-refractivity contribution is 6.17. The van der Waals surface area contributed by atoms with Crippen molar-refractivity contribution in [1.29, 1.82) is 0 Å². The summed E-state index contributed by atoms with van der Waals surface area (Å²) in [5.41, 5.74) is -0.175. The van der Waals surface area contributed by atoms with Crippen molar-refractivity contribution >= 4 is 29.5 Å². The number of nitrogens with zero attached hydrogens (tertiary/aromatic N) is 1. The van der Waals surface area contributed by atoms with Gasteiger partial charge < -0.3 is 14.9 Å². The number of esters is 1. The van der Waals surface area contributed by atoms with E-state index in [1.54, 1.807) is 12.1 Å². The van der Waals surface area contributed by atoms with Crippen molar-refractivity contribution in [1.82, 2.24) is 4.98 Å². The molecule has 0 saturated carbocycles. The van der Waals surface area contributed by atoms with Crippen LogP contribution in [-0.2, 0) is 5.88 Å². The molecule has 1 heterocycles. The van der Waals surface area contributed by atoms with Gasteiger partial charge in [0.25, 0.3) is 0 Å². The van der Waals surface area contributed by atoms with E-state index in [2.05, 4.69) is 4.98 Å². The van der Waals surface area contributed by atoms with Crippen LogP contribution in [0.2, 0.25) is 0 Å². The van der Waals surface area contributed by atoms with Crippen LogP contribution in [-0.4, -0.2) is 33.1 Å². The van der Waals surface area contributed by atoms with E-state index in [-0.39, 0.29) is 17.2 Å². The van der Waals surface area contributed by atoms with Gasteiger partial charge in [0.1, 0.15) is 5.75 Å². The number of aromatic carboxylic acids is 2. The molecule has 7 nitrogen and oxygen atoms in total. The zero-order valence-corrected chi connectivity index (χ0v) is 12.3. The summed E-state index contributed by atoms with van der Waals surface area (Å²) >= 11 is 5.68. The van der Waals surface area contributed by atoms with E-state index < -0.39 is 29.3 Å². The Morgan fingerprint density at radius 1 is 1.04 bits per heavy atom. The van der Waals surface area contributed by atoms with Gasteiger partial charge >= 0.3 is 17.9 Å². The van der Waals surface area contributed by atoms with Gasteiger partial charge in [0, 0.05) is 18.0 Å². The number of hydrogen-bond acceptors (Lipinski definition) is 5. The van der Waals surface area contributed by atoms with E-state index in [9.17, 15) is 14.4 Å². The molecule has 0 amide bonds. The minimum atomic E-state index is -1.44. The number of carbonyl (C=O) groups is 3. The highest BCUT2D eigenvalue weighted by Gasteiger charge is 2.16. The van der Waals surface area contributed by atoms with Gasteiger partial charge in [-0.1, -0.05) is 12.1 Å². The molecule has 0 atom stereocenters. The van der Waals surface area contributed by atoms with Gasteiger partial charge in [-0.2, -0.15) is 0 Å². The Bertz CT molecular complexity index is 757. The number of carboxylic acids is 2. The second kappa shape index (κ2) is 6.89. The highest BCUT2D eigenvalue weighted by Crippen LogP contribution is 2.17. The predicted octanol–water partition coefficient (Wildman–Crippen LogP) is 2.44. The number of ether oxygens (including phenoxy) is 1. The summed E-state index contributed by atoms with van der Waals surface area (Å²) in [4.78, 5) is 37.4. The molecule has 2 N–H and O–H groups in total. The Kier molecular flexibility index (Phi) is 4.92. The molecule has 2 rings (SSSR count). The molecule has 0 saturated heterocycles. The normalized spacial score (nSPS) is 10.1. The summed E-state index contributed by atoms with van der Waals surface area (Å²) in [6.45, 7) is 0. The summed E-state index contributed by atoms with van der Waals surface area (Å²) in [6.07, 6.45) is 0. The molecule has 0 spiro atoms. The number of aromatic nitrogens is 1. The first-order valence-electron chi connectivity index (χ1n) is 6.26. The summed E-state index contributed by atoms with van der Waals surface area (Å²) in [6, 6.07) is 8.30. The molecule has 23 heavy (non-hydrogen) atoms. The molecule has 0 unspecified atom stereocenters. The standard InChI is InChI=1S/C15H10ClNO6/c16-7-8-2-1-3-9(4-8)15(22)23-10-5-11(13(18)19)17-12(6-10)14(20)21/h1-6H,7H2,(H,18,19)(H,20,21). The minimum Gasteiger partial charge on any atom is -0.477 e. The number of hydrogen-bond donors (Lipinski definition) is 2. The average Bonchev–Trinajstić information content (AvgIpc) is 2.54. The number of benzene rings is 1. The Hall–Kier alpha value is -2.93. The summed E-state index contributed by atoms with van der Waals surface area (Å²) in [7, 11) is 0. The lowest BCUT2D eigenvalue weighted by Crippen LogP contribution is -2.12.